The largest absolute Gasteiger partial charge is 0.481 e. The van der Waals surface area contributed by atoms with E-state index >= 15 is 0 Å². The Hall–Kier alpha value is -2.82. The fourth-order valence-corrected chi connectivity index (χ4v) is 2.33. The number of H-pyrrole nitrogens is 1. The van der Waals surface area contributed by atoms with Crippen molar-refractivity contribution in [1.82, 2.24) is 9.97 Å². The second-order valence-corrected chi connectivity index (χ2v) is 5.91. The van der Waals surface area contributed by atoms with Gasteiger partial charge in [0.1, 0.15) is 12.4 Å². The number of aromatic nitrogens is 2. The third-order valence-corrected chi connectivity index (χ3v) is 3.65. The summed E-state index contributed by atoms with van der Waals surface area (Å²) in [6, 6.07) is 0. The van der Waals surface area contributed by atoms with Crippen LogP contribution in [0.1, 0.15) is 37.8 Å². The number of rotatable bonds is 16. The SMILES string of the molecule is O=C(CCCC(=O)CC(Cc1cnc[nH]1)C(=O)O)COCCCO[N+](=O)[O-]. The summed E-state index contributed by atoms with van der Waals surface area (Å²) in [5, 5.41) is 18.2. The second kappa shape index (κ2) is 12.5. The van der Waals surface area contributed by atoms with E-state index in [1.165, 1.54) is 12.5 Å². The van der Waals surface area contributed by atoms with Crippen LogP contribution in [0.3, 0.4) is 0 Å². The molecule has 150 valence electrons. The second-order valence-electron chi connectivity index (χ2n) is 5.91. The van der Waals surface area contributed by atoms with Crippen LogP contribution in [0.15, 0.2) is 12.5 Å². The van der Waals surface area contributed by atoms with E-state index in [4.69, 9.17) is 4.74 Å². The molecule has 1 atom stereocenters. The predicted octanol–water partition coefficient (Wildman–Crippen LogP) is 0.967. The number of carbonyl (C=O) groups excluding carboxylic acids is 2. The van der Waals surface area contributed by atoms with Gasteiger partial charge in [-0.3, -0.25) is 14.4 Å². The van der Waals surface area contributed by atoms with Gasteiger partial charge in [-0.05, 0) is 12.8 Å². The zero-order valence-electron chi connectivity index (χ0n) is 14.8. The van der Waals surface area contributed by atoms with Crippen LogP contribution in [0.25, 0.3) is 0 Å². The summed E-state index contributed by atoms with van der Waals surface area (Å²) in [7, 11) is 0. The van der Waals surface area contributed by atoms with Crippen molar-refractivity contribution in [1.29, 1.82) is 0 Å². The Morgan fingerprint density at radius 2 is 1.96 bits per heavy atom. The number of ketones is 2. The minimum atomic E-state index is -1.05. The summed E-state index contributed by atoms with van der Waals surface area (Å²) in [6.45, 7) is -0.0738. The Morgan fingerprint density at radius 3 is 2.59 bits per heavy atom. The Bertz CT molecular complexity index is 617. The van der Waals surface area contributed by atoms with Crippen LogP contribution < -0.4 is 0 Å². The number of carboxylic acid groups (broad SMARTS) is 1. The van der Waals surface area contributed by atoms with Gasteiger partial charge >= 0.3 is 5.97 Å². The van der Waals surface area contributed by atoms with Gasteiger partial charge in [0.25, 0.3) is 5.09 Å². The average Bonchev–Trinajstić information content (AvgIpc) is 3.10. The fourth-order valence-electron chi connectivity index (χ4n) is 2.33. The summed E-state index contributed by atoms with van der Waals surface area (Å²) in [6.07, 6.45) is 3.93. The number of carboxylic acids is 1. The molecule has 27 heavy (non-hydrogen) atoms. The van der Waals surface area contributed by atoms with E-state index in [1.54, 1.807) is 0 Å². The van der Waals surface area contributed by atoms with Gasteiger partial charge in [0.15, 0.2) is 5.78 Å². The van der Waals surface area contributed by atoms with Crippen LogP contribution in [0.2, 0.25) is 0 Å². The molecule has 11 nitrogen and oxygen atoms in total. The van der Waals surface area contributed by atoms with E-state index < -0.39 is 17.0 Å². The Kier molecular flexibility index (Phi) is 10.3. The van der Waals surface area contributed by atoms with Crippen molar-refractivity contribution in [2.75, 3.05) is 19.8 Å². The highest BCUT2D eigenvalue weighted by Gasteiger charge is 2.22. The molecular formula is C16H23N3O8. The molecule has 2 N–H and O–H groups in total. The molecule has 1 unspecified atom stereocenters. The topological polar surface area (TPSA) is 162 Å². The van der Waals surface area contributed by atoms with Crippen molar-refractivity contribution in [2.45, 2.75) is 38.5 Å². The summed E-state index contributed by atoms with van der Waals surface area (Å²) in [4.78, 5) is 55.5. The first-order valence-corrected chi connectivity index (χ1v) is 8.47. The van der Waals surface area contributed by atoms with Gasteiger partial charge in [0.05, 0.1) is 18.9 Å². The van der Waals surface area contributed by atoms with Crippen LogP contribution >= 0.6 is 0 Å². The minimum Gasteiger partial charge on any atom is -0.481 e. The number of hydrogen-bond acceptors (Lipinski definition) is 8. The molecule has 1 rings (SSSR count). The van der Waals surface area contributed by atoms with Crippen molar-refractivity contribution in [3.05, 3.63) is 28.3 Å². The summed E-state index contributed by atoms with van der Waals surface area (Å²) in [5.41, 5.74) is 0.645. The number of aliphatic carboxylic acids is 1. The predicted molar refractivity (Wildman–Crippen MR) is 90.3 cm³/mol. The molecule has 0 fully saturated rings. The van der Waals surface area contributed by atoms with E-state index in [1.807, 2.05) is 0 Å². The van der Waals surface area contributed by atoms with E-state index in [0.717, 1.165) is 0 Å². The zero-order chi connectivity index (χ0) is 20.1. The quantitative estimate of drug-likeness (QED) is 0.240. The van der Waals surface area contributed by atoms with Gasteiger partial charge in [-0.15, -0.1) is 10.1 Å². The molecule has 0 saturated heterocycles. The first kappa shape index (κ1) is 22.2. The number of imidazole rings is 1. The molecule has 1 heterocycles. The molecule has 0 saturated carbocycles. The lowest BCUT2D eigenvalue weighted by Crippen LogP contribution is -2.20. The lowest BCUT2D eigenvalue weighted by Gasteiger charge is -2.10. The van der Waals surface area contributed by atoms with Crippen LogP contribution in [0.4, 0.5) is 0 Å². The number of nitrogens with zero attached hydrogens (tertiary/aromatic N) is 2. The Balaban J connectivity index is 2.15. The van der Waals surface area contributed by atoms with Gasteiger partial charge in [-0.2, -0.15) is 0 Å². The number of ether oxygens (including phenoxy) is 1. The van der Waals surface area contributed by atoms with Gasteiger partial charge in [0, 0.05) is 44.2 Å². The number of carbonyl (C=O) groups is 3. The van der Waals surface area contributed by atoms with Crippen molar-refractivity contribution < 1.29 is 34.2 Å². The number of Topliss-reactive ketones (excluding diaryl/α,β-unsaturated/α-hetero) is 2. The molecule has 11 heteroatoms. The van der Waals surface area contributed by atoms with E-state index in [0.29, 0.717) is 18.5 Å². The first-order valence-electron chi connectivity index (χ1n) is 8.47. The highest BCUT2D eigenvalue weighted by atomic mass is 16.9. The molecule has 0 bridgehead atoms. The van der Waals surface area contributed by atoms with Crippen molar-refractivity contribution in [2.24, 2.45) is 5.92 Å². The van der Waals surface area contributed by atoms with Gasteiger partial charge < -0.3 is 19.7 Å². The molecule has 0 spiro atoms. The molecule has 0 amide bonds. The number of aromatic amines is 1. The lowest BCUT2D eigenvalue weighted by atomic mass is 9.95. The third kappa shape index (κ3) is 10.7. The number of hydrogen-bond donors (Lipinski definition) is 2. The molecule has 0 aromatic carbocycles. The standard InChI is InChI=1S/C16H23N3O8/c20-14(8-12(16(22)23)7-13-9-17-11-18-13)3-1-4-15(21)10-26-5-2-6-27-19(24)25/h9,11-12H,1-8,10H2,(H,17,18)(H,22,23). The van der Waals surface area contributed by atoms with E-state index in [9.17, 15) is 29.6 Å². The van der Waals surface area contributed by atoms with E-state index in [-0.39, 0.29) is 57.1 Å². The highest BCUT2D eigenvalue weighted by molar-refractivity contribution is 5.85. The van der Waals surface area contributed by atoms with E-state index in [2.05, 4.69) is 14.8 Å². The molecule has 0 aliphatic carbocycles. The molecular weight excluding hydrogens is 362 g/mol. The van der Waals surface area contributed by atoms with Crippen LogP contribution in [0, 0.1) is 16.0 Å². The highest BCUT2D eigenvalue weighted by Crippen LogP contribution is 2.14. The monoisotopic (exact) mass is 385 g/mol. The molecule has 0 aliphatic heterocycles. The lowest BCUT2D eigenvalue weighted by molar-refractivity contribution is -0.757. The maximum Gasteiger partial charge on any atom is 0.307 e. The summed E-state index contributed by atoms with van der Waals surface area (Å²) >= 11 is 0. The molecule has 0 aliphatic rings. The van der Waals surface area contributed by atoms with Crippen molar-refractivity contribution >= 4 is 17.5 Å². The van der Waals surface area contributed by atoms with Gasteiger partial charge in [0.2, 0.25) is 0 Å². The Labute approximate surface area is 155 Å². The summed E-state index contributed by atoms with van der Waals surface area (Å²) < 4.78 is 5.07. The first-order chi connectivity index (χ1) is 12.9. The number of nitrogens with one attached hydrogen (secondary N) is 1. The van der Waals surface area contributed by atoms with Crippen molar-refractivity contribution in [3.8, 4) is 0 Å². The van der Waals surface area contributed by atoms with Crippen LogP contribution in [0.5, 0.6) is 0 Å². The maximum absolute atomic E-state index is 12.0. The minimum absolute atomic E-state index is 0.0982. The van der Waals surface area contributed by atoms with Crippen molar-refractivity contribution in [3.63, 3.8) is 0 Å². The van der Waals surface area contributed by atoms with Crippen LogP contribution in [-0.2, 0) is 30.4 Å². The van der Waals surface area contributed by atoms with Gasteiger partial charge in [-0.1, -0.05) is 0 Å². The molecule has 1 aromatic heterocycles. The average molecular weight is 385 g/mol. The molecule has 0 radical (unpaired) electrons. The fraction of sp³-hybridized carbons (Fsp3) is 0.625. The molecule has 1 aromatic rings. The zero-order valence-corrected chi connectivity index (χ0v) is 14.8. The smallest absolute Gasteiger partial charge is 0.307 e. The summed E-state index contributed by atoms with van der Waals surface area (Å²) in [5.74, 6) is -2.29. The Morgan fingerprint density at radius 1 is 1.22 bits per heavy atom. The maximum atomic E-state index is 12.0. The third-order valence-electron chi connectivity index (χ3n) is 3.65. The van der Waals surface area contributed by atoms with Gasteiger partial charge in [-0.25, -0.2) is 4.98 Å². The van der Waals surface area contributed by atoms with Crippen LogP contribution in [-0.4, -0.2) is 57.5 Å². The normalized spacial score (nSPS) is 11.7.